The molecule has 8 nitrogen and oxygen atoms in total. The number of benzene rings is 1. The molecule has 1 aromatic carbocycles. The highest BCUT2D eigenvalue weighted by Crippen LogP contribution is 2.52. The Bertz CT molecular complexity index is 1370. The first kappa shape index (κ1) is 28.7. The summed E-state index contributed by atoms with van der Waals surface area (Å²) in [7, 11) is 2.16. The molecule has 3 aliphatic rings. The molecule has 0 bridgehead atoms. The van der Waals surface area contributed by atoms with Crippen molar-refractivity contribution in [1.29, 1.82) is 0 Å². The van der Waals surface area contributed by atoms with Gasteiger partial charge in [-0.3, -0.25) is 9.69 Å². The van der Waals surface area contributed by atoms with Crippen molar-refractivity contribution in [3.05, 3.63) is 71.2 Å². The Kier molecular flexibility index (Phi) is 7.98. The van der Waals surface area contributed by atoms with Gasteiger partial charge in [0, 0.05) is 44.8 Å². The number of piperidine rings is 1. The van der Waals surface area contributed by atoms with Gasteiger partial charge in [-0.05, 0) is 90.5 Å². The summed E-state index contributed by atoms with van der Waals surface area (Å²) in [5.41, 5.74) is 2.76. The molecule has 2 unspecified atom stereocenters. The van der Waals surface area contributed by atoms with Gasteiger partial charge < -0.3 is 19.4 Å². The number of carbonyl (C=O) groups excluding carboxylic acids is 2. The molecule has 1 aliphatic carbocycles. The molecule has 222 valence electrons. The molecule has 2 aliphatic heterocycles. The van der Waals surface area contributed by atoms with Crippen molar-refractivity contribution in [2.24, 2.45) is 17.8 Å². The SMILES string of the molecule is CN1CCCN(c2ccc(N(CC3C4CN(C(=O)c5ccc(C(C)(C)C)cc5)CC43)C(=O)Oc3cccs3)cn2)CC1. The molecule has 2 amide bonds. The summed E-state index contributed by atoms with van der Waals surface area (Å²) in [5, 5.41) is 2.48. The lowest BCUT2D eigenvalue weighted by atomic mass is 9.86. The third-order valence-electron chi connectivity index (χ3n) is 9.04. The highest BCUT2D eigenvalue weighted by atomic mass is 32.1. The summed E-state index contributed by atoms with van der Waals surface area (Å²) in [5.74, 6) is 2.14. The number of thiophene rings is 1. The number of likely N-dealkylation sites (tertiary alicyclic amines) is 1. The van der Waals surface area contributed by atoms with E-state index in [9.17, 15) is 9.59 Å². The summed E-state index contributed by atoms with van der Waals surface area (Å²) in [6.07, 6.45) is 2.51. The molecule has 2 saturated heterocycles. The van der Waals surface area contributed by atoms with E-state index in [0.29, 0.717) is 29.4 Å². The Morgan fingerprint density at radius 3 is 2.40 bits per heavy atom. The first-order chi connectivity index (χ1) is 20.2. The van der Waals surface area contributed by atoms with Crippen molar-refractivity contribution in [3.8, 4) is 5.06 Å². The van der Waals surface area contributed by atoms with E-state index in [4.69, 9.17) is 9.72 Å². The highest BCUT2D eigenvalue weighted by Gasteiger charge is 2.57. The van der Waals surface area contributed by atoms with Gasteiger partial charge in [0.25, 0.3) is 5.91 Å². The van der Waals surface area contributed by atoms with Crippen molar-refractivity contribution in [1.82, 2.24) is 14.8 Å². The van der Waals surface area contributed by atoms with Gasteiger partial charge in [-0.2, -0.15) is 0 Å². The monoisotopic (exact) mass is 587 g/mol. The number of rotatable bonds is 6. The van der Waals surface area contributed by atoms with Gasteiger partial charge in [-0.15, -0.1) is 11.3 Å². The number of hydrogen-bond acceptors (Lipinski definition) is 7. The molecule has 4 heterocycles. The molecule has 3 aromatic rings. The van der Waals surface area contributed by atoms with Gasteiger partial charge in [-0.1, -0.05) is 32.9 Å². The fourth-order valence-electron chi connectivity index (χ4n) is 6.34. The zero-order valence-corrected chi connectivity index (χ0v) is 25.8. The van der Waals surface area contributed by atoms with E-state index < -0.39 is 0 Å². The Balaban J connectivity index is 1.12. The standard InChI is InChI=1S/C33H41N5O3S/c1-33(2,3)24-10-8-23(9-11-24)31(39)37-20-26-27(21-37)28(26)22-38(32(40)41-30-7-5-18-42-30)25-12-13-29(34-19-25)36-15-6-14-35(4)16-17-36/h5,7-13,18-19,26-28H,6,14-17,20-22H2,1-4H3. The lowest BCUT2D eigenvalue weighted by molar-refractivity contribution is 0.0768. The van der Waals surface area contributed by atoms with Crippen LogP contribution in [0.1, 0.15) is 43.1 Å². The molecular weight excluding hydrogens is 546 g/mol. The van der Waals surface area contributed by atoms with Gasteiger partial charge in [0.05, 0.1) is 11.9 Å². The number of nitrogens with zero attached hydrogens (tertiary/aromatic N) is 5. The van der Waals surface area contributed by atoms with Crippen LogP contribution in [0.25, 0.3) is 0 Å². The molecule has 42 heavy (non-hydrogen) atoms. The summed E-state index contributed by atoms with van der Waals surface area (Å²) < 4.78 is 5.74. The van der Waals surface area contributed by atoms with Gasteiger partial charge >= 0.3 is 6.09 Å². The Morgan fingerprint density at radius 1 is 1.00 bits per heavy atom. The van der Waals surface area contributed by atoms with E-state index in [1.807, 2.05) is 46.7 Å². The van der Waals surface area contributed by atoms with Crippen LogP contribution in [0.15, 0.2) is 60.1 Å². The number of likely N-dealkylation sites (N-methyl/N-ethyl adjacent to an activating group) is 1. The van der Waals surface area contributed by atoms with E-state index in [1.54, 1.807) is 11.1 Å². The van der Waals surface area contributed by atoms with Crippen LogP contribution in [0.2, 0.25) is 0 Å². The second-order valence-electron chi connectivity index (χ2n) is 13.0. The Hall–Kier alpha value is -3.43. The van der Waals surface area contributed by atoms with Crippen LogP contribution in [0.5, 0.6) is 5.06 Å². The van der Waals surface area contributed by atoms with Crippen LogP contribution in [0, 0.1) is 17.8 Å². The first-order valence-electron chi connectivity index (χ1n) is 15.0. The molecule has 9 heteroatoms. The van der Waals surface area contributed by atoms with Crippen LogP contribution in [0.4, 0.5) is 16.3 Å². The van der Waals surface area contributed by atoms with Crippen LogP contribution < -0.4 is 14.5 Å². The predicted octanol–water partition coefficient (Wildman–Crippen LogP) is 5.61. The highest BCUT2D eigenvalue weighted by molar-refractivity contribution is 7.11. The fourth-order valence-corrected chi connectivity index (χ4v) is 6.91. The largest absolute Gasteiger partial charge is 0.420 e. The third-order valence-corrected chi connectivity index (χ3v) is 9.79. The minimum absolute atomic E-state index is 0.0559. The summed E-state index contributed by atoms with van der Waals surface area (Å²) in [6, 6.07) is 15.7. The number of aromatic nitrogens is 1. The van der Waals surface area contributed by atoms with Crippen molar-refractivity contribution in [2.45, 2.75) is 32.6 Å². The number of fused-ring (bicyclic) bond motifs is 1. The van der Waals surface area contributed by atoms with E-state index in [2.05, 4.69) is 49.8 Å². The zero-order valence-electron chi connectivity index (χ0n) is 25.0. The van der Waals surface area contributed by atoms with Crippen molar-refractivity contribution in [2.75, 3.05) is 62.7 Å². The smallest absolute Gasteiger partial charge is 0.399 e. The van der Waals surface area contributed by atoms with Gasteiger partial charge in [0.2, 0.25) is 0 Å². The first-order valence-corrected chi connectivity index (χ1v) is 15.9. The minimum Gasteiger partial charge on any atom is -0.399 e. The third kappa shape index (κ3) is 6.17. The lowest BCUT2D eigenvalue weighted by Gasteiger charge is -2.26. The molecule has 0 radical (unpaired) electrons. The predicted molar refractivity (Wildman–Crippen MR) is 168 cm³/mol. The van der Waals surface area contributed by atoms with E-state index >= 15 is 0 Å². The van der Waals surface area contributed by atoms with Crippen LogP contribution in [0.3, 0.4) is 0 Å². The van der Waals surface area contributed by atoms with Crippen LogP contribution in [-0.4, -0.2) is 79.6 Å². The number of ether oxygens (including phenoxy) is 1. The van der Waals surface area contributed by atoms with Crippen LogP contribution >= 0.6 is 11.3 Å². The maximum atomic E-state index is 13.4. The van der Waals surface area contributed by atoms with Gasteiger partial charge in [0.15, 0.2) is 5.06 Å². The lowest BCUT2D eigenvalue weighted by Crippen LogP contribution is -2.38. The van der Waals surface area contributed by atoms with E-state index in [1.165, 1.54) is 16.9 Å². The fraction of sp³-hybridized carbons (Fsp3) is 0.485. The summed E-state index contributed by atoms with van der Waals surface area (Å²) in [6.45, 7) is 12.5. The Morgan fingerprint density at radius 2 is 1.76 bits per heavy atom. The molecule has 6 rings (SSSR count). The minimum atomic E-state index is -0.389. The molecule has 1 saturated carbocycles. The molecule has 2 atom stereocenters. The van der Waals surface area contributed by atoms with Crippen LogP contribution in [-0.2, 0) is 5.41 Å². The average molecular weight is 588 g/mol. The maximum Gasteiger partial charge on any atom is 0.420 e. The second-order valence-corrected chi connectivity index (χ2v) is 13.9. The average Bonchev–Trinajstić information content (AvgIpc) is 3.26. The zero-order chi connectivity index (χ0) is 29.4. The molecule has 0 N–H and O–H groups in total. The normalized spacial score (nSPS) is 22.4. The van der Waals surface area contributed by atoms with Gasteiger partial charge in [0.1, 0.15) is 5.82 Å². The van der Waals surface area contributed by atoms with Crippen molar-refractivity contribution >= 4 is 34.8 Å². The quantitative estimate of drug-likeness (QED) is 0.374. The summed E-state index contributed by atoms with van der Waals surface area (Å²) >= 11 is 1.40. The van der Waals surface area contributed by atoms with E-state index in [-0.39, 0.29) is 17.4 Å². The van der Waals surface area contributed by atoms with Gasteiger partial charge in [-0.25, -0.2) is 9.78 Å². The molecular formula is C33H41N5O3S. The summed E-state index contributed by atoms with van der Waals surface area (Å²) in [4.78, 5) is 39.8. The van der Waals surface area contributed by atoms with E-state index in [0.717, 1.165) is 62.8 Å². The number of anilines is 2. The topological polar surface area (TPSA) is 69.2 Å². The molecule has 0 spiro atoms. The Labute approximate surface area is 252 Å². The number of carbonyl (C=O) groups is 2. The molecule has 3 fully saturated rings. The maximum absolute atomic E-state index is 13.4. The molecule has 2 aromatic heterocycles. The number of pyridine rings is 1. The second kappa shape index (κ2) is 11.7. The van der Waals surface area contributed by atoms with Crippen molar-refractivity contribution < 1.29 is 14.3 Å². The van der Waals surface area contributed by atoms with Crippen molar-refractivity contribution in [3.63, 3.8) is 0 Å². The number of amides is 2. The number of hydrogen-bond donors (Lipinski definition) is 0.